The van der Waals surface area contributed by atoms with Crippen molar-refractivity contribution >= 4 is 46.4 Å². The predicted molar refractivity (Wildman–Crippen MR) is 239 cm³/mol. The van der Waals surface area contributed by atoms with E-state index in [0.717, 1.165) is 143 Å². The number of hydrogen-bond acceptors (Lipinski definition) is 2. The summed E-state index contributed by atoms with van der Waals surface area (Å²) in [6.45, 7) is 24.3. The van der Waals surface area contributed by atoms with E-state index in [1.165, 1.54) is 0 Å². The number of H-pyrrole nitrogens is 2. The molecule has 1 radical (unpaired) electrons. The van der Waals surface area contributed by atoms with Crippen molar-refractivity contribution < 1.29 is 97.4 Å². The zero-order valence-electron chi connectivity index (χ0n) is 38.6. The van der Waals surface area contributed by atoms with Gasteiger partial charge in [0.05, 0.1) is 97.2 Å². The fourth-order valence-electron chi connectivity index (χ4n) is 9.21. The van der Waals surface area contributed by atoms with Gasteiger partial charge in [0.1, 0.15) is 71.8 Å². The number of imidazole rings is 4. The summed E-state index contributed by atoms with van der Waals surface area (Å²) in [4.78, 5) is 19.2. The summed E-state index contributed by atoms with van der Waals surface area (Å²) < 4.78 is 18.6. The Morgan fingerprint density at radius 3 is 0.894 bits per heavy atom. The molecule has 0 saturated heterocycles. The van der Waals surface area contributed by atoms with E-state index in [0.29, 0.717) is 0 Å². The van der Waals surface area contributed by atoms with Crippen molar-refractivity contribution in [3.05, 3.63) is 96.6 Å². The van der Waals surface area contributed by atoms with Crippen LogP contribution in [0.25, 0.3) is 91.9 Å². The zero-order valence-corrected chi connectivity index (χ0v) is 43.6. The molecule has 0 spiro atoms. The Labute approximate surface area is 429 Å². The topological polar surface area (TPSA) is 92.6 Å². The molecule has 0 unspecified atom stereocenters. The molecule has 7 aromatic heterocycles. The van der Waals surface area contributed by atoms with E-state index in [-0.39, 0.29) is 79.1 Å². The van der Waals surface area contributed by atoms with E-state index in [1.54, 1.807) is 0 Å². The number of aromatic amines is 2. The maximum Gasteiger partial charge on any atom is 2.00 e. The molecule has 0 atom stereocenters. The van der Waals surface area contributed by atoms with Crippen molar-refractivity contribution in [1.82, 2.24) is 38.2 Å². The van der Waals surface area contributed by atoms with Crippen LogP contribution in [0.2, 0.25) is 0 Å². The van der Waals surface area contributed by atoms with Crippen LogP contribution in [-0.4, -0.2) is 38.2 Å². The molecule has 9 heterocycles. The molecule has 2 aliphatic heterocycles. The number of fused-ring (bicyclic) bond motifs is 8. The molecule has 0 fully saturated rings. The van der Waals surface area contributed by atoms with Crippen LogP contribution in [0.15, 0.2) is 73.8 Å². The summed E-state index contributed by atoms with van der Waals surface area (Å²) in [5, 5.41) is 0. The minimum absolute atomic E-state index is 0. The van der Waals surface area contributed by atoms with E-state index >= 15 is 0 Å². The number of nitrogens with zero attached hydrogens (tertiary/aromatic N) is 10. The Morgan fingerprint density at radius 2 is 0.621 bits per heavy atom. The molecule has 0 aliphatic carbocycles. The molecule has 8 bridgehead atoms. The van der Waals surface area contributed by atoms with Gasteiger partial charge in [-0.05, 0) is 104 Å². The summed E-state index contributed by atoms with van der Waals surface area (Å²) in [5.41, 5.74) is 11.9. The molecule has 66 heavy (non-hydrogen) atoms. The van der Waals surface area contributed by atoms with Crippen LogP contribution in [-0.2, 0) is 69.4 Å². The first kappa shape index (κ1) is 55.7. The number of aromatic nitrogens is 12. The molecule has 2 aliphatic rings. The average molecular weight is 1040 g/mol. The molecule has 0 saturated carbocycles. The Morgan fingerprint density at radius 1 is 0.379 bits per heavy atom. The van der Waals surface area contributed by atoms with Gasteiger partial charge >= 0.3 is 17.1 Å². The van der Waals surface area contributed by atoms with Crippen molar-refractivity contribution in [2.45, 2.75) is 108 Å². The van der Waals surface area contributed by atoms with Crippen LogP contribution in [0.5, 0.6) is 0 Å². The van der Waals surface area contributed by atoms with Crippen molar-refractivity contribution in [3.8, 4) is 45.6 Å². The van der Waals surface area contributed by atoms with Gasteiger partial charge in [0.15, 0.2) is 0 Å². The number of nitrogens with one attached hydrogen (secondary N) is 2. The average Bonchev–Trinajstić information content (AvgIpc) is 4.13. The molecule has 18 heteroatoms. The molecular weight excluding hydrogens is 977 g/mol. The normalized spacial score (nSPS) is 11.3. The van der Waals surface area contributed by atoms with Crippen molar-refractivity contribution in [3.63, 3.8) is 0 Å². The van der Waals surface area contributed by atoms with E-state index in [2.05, 4.69) is 200 Å². The van der Waals surface area contributed by atoms with Gasteiger partial charge < -0.3 is 72.0 Å². The first-order valence-electron chi connectivity index (χ1n) is 21.9. The van der Waals surface area contributed by atoms with Gasteiger partial charge in [0.25, 0.3) is 23.3 Å². The molecule has 7 aromatic rings. The third kappa shape index (κ3) is 9.33. The standard InChI is InChI=1S/C48H57N12.5ClH.Mn/c1-9-53-25-26-54(10-2)45(53)41-33-17-19-35(49-33)42(46-55(11-3)27-28-56(46)12-4)37-21-23-39(51-37)44(48-59(15-7)31-32-60(48)16-8)40-24-22-38(52-40)43(36-20-18-34(41)50-36)47-57(13-5)29-30-58(47)14-6;;;;;;/h17-32H,9-16H2,1-8H3,(H,49,50,51,52);5*1H;/q+3;;;;;;+2/p-4. The zero-order chi connectivity index (χ0) is 41.7. The fourth-order valence-corrected chi connectivity index (χ4v) is 9.21. The monoisotopic (exact) mass is 1030 g/mol. The SMILES string of the molecule is CCn1cc[n+](CC)c1-c1c2nc(c(-c3n(CC)cc[n+]3CC)c3ccc([nH]3)c(-c3n(CC)cc[n+]3CC)c3ccc([nH]3)c(-c3n(CC)cc[n+]3CC)c3nc1C=C3)C=C2.[Cl-].[Cl-].[Cl-].[Cl-].[Cl-].[Mn+2]. The third-order valence-corrected chi connectivity index (χ3v) is 12.3. The Bertz CT molecular complexity index is 2780. The molecule has 0 amide bonds. The van der Waals surface area contributed by atoms with Crippen molar-refractivity contribution in [2.24, 2.45) is 0 Å². The molecule has 9 rings (SSSR count). The maximum atomic E-state index is 5.62. The van der Waals surface area contributed by atoms with E-state index in [9.17, 15) is 0 Å². The van der Waals surface area contributed by atoms with Crippen LogP contribution in [0, 0.1) is 0 Å². The van der Waals surface area contributed by atoms with Gasteiger partial charge in [-0.3, -0.25) is 0 Å². The number of halogens is 5. The van der Waals surface area contributed by atoms with Gasteiger partial charge in [-0.2, -0.15) is 0 Å². The molecule has 12 nitrogen and oxygen atoms in total. The summed E-state index contributed by atoms with van der Waals surface area (Å²) in [7, 11) is 0. The smallest absolute Gasteiger partial charge is 1.00 e. The van der Waals surface area contributed by atoms with Crippen LogP contribution in [0.1, 0.15) is 78.2 Å². The second-order valence-electron chi connectivity index (χ2n) is 15.3. The van der Waals surface area contributed by atoms with Gasteiger partial charge in [0, 0.05) is 0 Å². The second-order valence-corrected chi connectivity index (χ2v) is 15.3. The molecule has 2 N–H and O–H groups in total. The number of hydrogen-bond donors (Lipinski definition) is 2. The quantitative estimate of drug-likeness (QED) is 0.0943. The van der Waals surface area contributed by atoms with Gasteiger partial charge in [-0.25, -0.2) is 46.5 Å². The molecule has 0 aromatic carbocycles. The Balaban J connectivity index is 0.00000193. The molecule has 351 valence electrons. The number of aryl methyl sites for hydroxylation is 8. The first-order valence-corrected chi connectivity index (χ1v) is 21.9. The fraction of sp³-hybridized carbons (Fsp3) is 0.333. The summed E-state index contributed by atoms with van der Waals surface area (Å²) >= 11 is 0. The minimum Gasteiger partial charge on any atom is -1.00 e. The number of rotatable bonds is 12. The van der Waals surface area contributed by atoms with Crippen molar-refractivity contribution in [2.75, 3.05) is 0 Å². The van der Waals surface area contributed by atoms with Crippen LogP contribution in [0.4, 0.5) is 0 Å². The van der Waals surface area contributed by atoms with E-state index < -0.39 is 0 Å². The Kier molecular flexibility index (Phi) is 19.8. The largest absolute Gasteiger partial charge is 2.00 e. The third-order valence-electron chi connectivity index (χ3n) is 12.3. The van der Waals surface area contributed by atoms with Crippen molar-refractivity contribution in [1.29, 1.82) is 0 Å². The van der Waals surface area contributed by atoms with Crippen LogP contribution in [0.3, 0.4) is 0 Å². The predicted octanol–water partition coefficient (Wildman–Crippen LogP) is -7.14. The minimum atomic E-state index is 0. The summed E-state index contributed by atoms with van der Waals surface area (Å²) in [5.74, 6) is 4.45. The maximum absolute atomic E-state index is 5.62. The van der Waals surface area contributed by atoms with Crippen LogP contribution >= 0.6 is 0 Å². The second kappa shape index (κ2) is 23.4. The van der Waals surface area contributed by atoms with Crippen LogP contribution < -0.4 is 80.3 Å². The summed E-state index contributed by atoms with van der Waals surface area (Å²) in [6, 6.07) is 8.96. The first-order chi connectivity index (χ1) is 29.4. The van der Waals surface area contributed by atoms with Gasteiger partial charge in [-0.15, -0.1) is 0 Å². The van der Waals surface area contributed by atoms with Gasteiger partial charge in [-0.1, -0.05) is 0 Å². The Hall–Kier alpha value is -4.59. The summed E-state index contributed by atoms with van der Waals surface area (Å²) in [6.07, 6.45) is 26.3. The molecular formula is C48H58Cl5MnN12+. The van der Waals surface area contributed by atoms with E-state index in [1.807, 2.05) is 0 Å². The van der Waals surface area contributed by atoms with E-state index in [4.69, 9.17) is 9.97 Å². The van der Waals surface area contributed by atoms with Gasteiger partial charge in [0.2, 0.25) is 0 Å².